The first kappa shape index (κ1) is 10.6. The van der Waals surface area contributed by atoms with Crippen LogP contribution in [0.1, 0.15) is 10.4 Å². The molecule has 3 N–H and O–H groups in total. The SMILES string of the molecule is O=C(Nc1nn[nH]n1)c1cc(Br)ccc1O. The highest BCUT2D eigenvalue weighted by Crippen LogP contribution is 2.22. The first-order valence-corrected chi connectivity index (χ1v) is 4.99. The van der Waals surface area contributed by atoms with Crippen molar-refractivity contribution in [2.24, 2.45) is 0 Å². The molecular formula is C8H6BrN5O2. The number of hydrogen-bond donors (Lipinski definition) is 3. The van der Waals surface area contributed by atoms with Gasteiger partial charge in [-0.25, -0.2) is 0 Å². The maximum Gasteiger partial charge on any atom is 0.270 e. The Morgan fingerprint density at radius 1 is 1.50 bits per heavy atom. The minimum atomic E-state index is -0.514. The van der Waals surface area contributed by atoms with Crippen LogP contribution < -0.4 is 5.32 Å². The lowest BCUT2D eigenvalue weighted by Gasteiger charge is -2.03. The molecule has 8 heteroatoms. The van der Waals surface area contributed by atoms with Crippen LogP contribution in [0.3, 0.4) is 0 Å². The second kappa shape index (κ2) is 4.27. The third-order valence-electron chi connectivity index (χ3n) is 1.77. The predicted molar refractivity (Wildman–Crippen MR) is 57.9 cm³/mol. The van der Waals surface area contributed by atoms with Crippen molar-refractivity contribution in [2.75, 3.05) is 5.32 Å². The first-order valence-electron chi connectivity index (χ1n) is 4.20. The summed E-state index contributed by atoms with van der Waals surface area (Å²) in [5, 5.41) is 24.5. The number of aromatic amines is 1. The number of halogens is 1. The van der Waals surface area contributed by atoms with Gasteiger partial charge < -0.3 is 5.11 Å². The maximum absolute atomic E-state index is 11.7. The summed E-state index contributed by atoms with van der Waals surface area (Å²) in [5.41, 5.74) is 0.124. The summed E-state index contributed by atoms with van der Waals surface area (Å²) >= 11 is 3.20. The highest BCUT2D eigenvalue weighted by Gasteiger charge is 2.13. The van der Waals surface area contributed by atoms with Gasteiger partial charge in [0.1, 0.15) is 5.75 Å². The summed E-state index contributed by atoms with van der Waals surface area (Å²) in [5.74, 6) is -0.589. The van der Waals surface area contributed by atoms with Crippen LogP contribution in [0.4, 0.5) is 5.95 Å². The number of H-pyrrole nitrogens is 1. The molecule has 82 valence electrons. The highest BCUT2D eigenvalue weighted by atomic mass is 79.9. The van der Waals surface area contributed by atoms with Crippen LogP contribution in [0.5, 0.6) is 5.75 Å². The number of hydrogen-bond acceptors (Lipinski definition) is 5. The summed E-state index contributed by atoms with van der Waals surface area (Å²) < 4.78 is 0.684. The van der Waals surface area contributed by atoms with Gasteiger partial charge in [0.05, 0.1) is 5.56 Å². The molecule has 0 bridgehead atoms. The van der Waals surface area contributed by atoms with E-state index in [-0.39, 0.29) is 17.3 Å². The van der Waals surface area contributed by atoms with Crippen molar-refractivity contribution in [3.63, 3.8) is 0 Å². The Kier molecular flexibility index (Phi) is 2.82. The average molecular weight is 284 g/mol. The number of phenolic OH excluding ortho intramolecular Hbond substituents is 1. The standard InChI is InChI=1S/C8H6BrN5O2/c9-4-1-2-6(15)5(3-4)7(16)10-8-11-13-14-12-8/h1-3,15H,(H2,10,11,12,13,14,16). The molecule has 1 heterocycles. The quantitative estimate of drug-likeness (QED) is 0.760. The van der Waals surface area contributed by atoms with Gasteiger partial charge in [-0.15, -0.1) is 5.10 Å². The fourth-order valence-corrected chi connectivity index (χ4v) is 1.43. The number of nitrogens with zero attached hydrogens (tertiary/aromatic N) is 3. The third-order valence-corrected chi connectivity index (χ3v) is 2.27. The molecule has 7 nitrogen and oxygen atoms in total. The van der Waals surface area contributed by atoms with Crippen molar-refractivity contribution < 1.29 is 9.90 Å². The minimum absolute atomic E-state index is 0.0457. The van der Waals surface area contributed by atoms with Gasteiger partial charge in [0.15, 0.2) is 0 Å². The van der Waals surface area contributed by atoms with E-state index in [9.17, 15) is 9.90 Å². The lowest BCUT2D eigenvalue weighted by molar-refractivity contribution is 0.102. The number of aromatic nitrogens is 4. The number of rotatable bonds is 2. The highest BCUT2D eigenvalue weighted by molar-refractivity contribution is 9.10. The van der Waals surface area contributed by atoms with Crippen molar-refractivity contribution in [1.82, 2.24) is 20.6 Å². The lowest BCUT2D eigenvalue weighted by atomic mass is 10.2. The number of carbonyl (C=O) groups excluding carboxylic acids is 1. The first-order chi connectivity index (χ1) is 7.66. The molecular weight excluding hydrogens is 278 g/mol. The molecule has 0 saturated heterocycles. The molecule has 0 unspecified atom stereocenters. The van der Waals surface area contributed by atoms with E-state index in [0.717, 1.165) is 0 Å². The van der Waals surface area contributed by atoms with Crippen molar-refractivity contribution in [2.45, 2.75) is 0 Å². The summed E-state index contributed by atoms with van der Waals surface area (Å²) in [6.07, 6.45) is 0. The summed E-state index contributed by atoms with van der Waals surface area (Å²) in [6, 6.07) is 4.53. The molecule has 0 atom stereocenters. The second-order valence-electron chi connectivity index (χ2n) is 2.85. The van der Waals surface area contributed by atoms with Crippen LogP contribution in [0, 0.1) is 0 Å². The smallest absolute Gasteiger partial charge is 0.270 e. The third kappa shape index (κ3) is 2.16. The fraction of sp³-hybridized carbons (Fsp3) is 0. The number of benzene rings is 1. The van der Waals surface area contributed by atoms with E-state index in [0.29, 0.717) is 4.47 Å². The maximum atomic E-state index is 11.7. The molecule has 0 aliphatic heterocycles. The lowest BCUT2D eigenvalue weighted by Crippen LogP contribution is -2.13. The van der Waals surface area contributed by atoms with E-state index in [1.807, 2.05) is 0 Å². The fourth-order valence-electron chi connectivity index (χ4n) is 1.07. The van der Waals surface area contributed by atoms with Crippen LogP contribution in [0.25, 0.3) is 0 Å². The van der Waals surface area contributed by atoms with Crippen LogP contribution in [0.2, 0.25) is 0 Å². The number of anilines is 1. The number of carbonyl (C=O) groups is 1. The van der Waals surface area contributed by atoms with Gasteiger partial charge in [0.2, 0.25) is 0 Å². The van der Waals surface area contributed by atoms with Crippen LogP contribution in [-0.2, 0) is 0 Å². The van der Waals surface area contributed by atoms with Crippen molar-refractivity contribution in [1.29, 1.82) is 0 Å². The Morgan fingerprint density at radius 3 is 3.00 bits per heavy atom. The summed E-state index contributed by atoms with van der Waals surface area (Å²) in [7, 11) is 0. The number of phenols is 1. The van der Waals surface area contributed by atoms with E-state index in [4.69, 9.17) is 0 Å². The van der Waals surface area contributed by atoms with Crippen molar-refractivity contribution >= 4 is 27.8 Å². The Morgan fingerprint density at radius 2 is 2.31 bits per heavy atom. The summed E-state index contributed by atoms with van der Waals surface area (Å²) in [6.45, 7) is 0. The predicted octanol–water partition coefficient (Wildman–Crippen LogP) is 0.920. The minimum Gasteiger partial charge on any atom is -0.507 e. The molecule has 1 aromatic heterocycles. The van der Waals surface area contributed by atoms with E-state index >= 15 is 0 Å². The zero-order chi connectivity index (χ0) is 11.5. The van der Waals surface area contributed by atoms with E-state index in [1.165, 1.54) is 12.1 Å². The largest absolute Gasteiger partial charge is 0.507 e. The molecule has 2 aromatic rings. The number of aromatic hydroxyl groups is 1. The zero-order valence-corrected chi connectivity index (χ0v) is 9.39. The van der Waals surface area contributed by atoms with Crippen molar-refractivity contribution in [3.8, 4) is 5.75 Å². The van der Waals surface area contributed by atoms with Crippen LogP contribution >= 0.6 is 15.9 Å². The van der Waals surface area contributed by atoms with Gasteiger partial charge in [-0.3, -0.25) is 10.1 Å². The van der Waals surface area contributed by atoms with Gasteiger partial charge in [0, 0.05) is 4.47 Å². The molecule has 2 rings (SSSR count). The Hall–Kier alpha value is -1.96. The van der Waals surface area contributed by atoms with Gasteiger partial charge in [-0.05, 0) is 23.4 Å². The average Bonchev–Trinajstić information content (AvgIpc) is 2.74. The van der Waals surface area contributed by atoms with Gasteiger partial charge in [-0.2, -0.15) is 5.21 Å². The molecule has 0 radical (unpaired) electrons. The van der Waals surface area contributed by atoms with Crippen LogP contribution in [0.15, 0.2) is 22.7 Å². The molecule has 0 spiro atoms. The molecule has 16 heavy (non-hydrogen) atoms. The normalized spacial score (nSPS) is 10.1. The van der Waals surface area contributed by atoms with E-state index in [2.05, 4.69) is 41.9 Å². The number of tetrazole rings is 1. The molecule has 0 aliphatic rings. The molecule has 0 fully saturated rings. The van der Waals surface area contributed by atoms with Gasteiger partial charge >= 0.3 is 0 Å². The molecule has 0 aliphatic carbocycles. The van der Waals surface area contributed by atoms with E-state index < -0.39 is 5.91 Å². The monoisotopic (exact) mass is 283 g/mol. The second-order valence-corrected chi connectivity index (χ2v) is 3.77. The Bertz CT molecular complexity index is 513. The number of amides is 1. The van der Waals surface area contributed by atoms with Crippen LogP contribution in [-0.4, -0.2) is 31.6 Å². The Balaban J connectivity index is 2.24. The van der Waals surface area contributed by atoms with Gasteiger partial charge in [0.25, 0.3) is 11.9 Å². The van der Waals surface area contributed by atoms with Gasteiger partial charge in [-0.1, -0.05) is 21.0 Å². The topological polar surface area (TPSA) is 104 Å². The zero-order valence-electron chi connectivity index (χ0n) is 7.81. The summed E-state index contributed by atoms with van der Waals surface area (Å²) in [4.78, 5) is 11.7. The molecule has 0 saturated carbocycles. The van der Waals surface area contributed by atoms with E-state index in [1.54, 1.807) is 6.07 Å². The number of nitrogens with one attached hydrogen (secondary N) is 2. The Labute approximate surface area is 98.0 Å². The van der Waals surface area contributed by atoms with Crippen molar-refractivity contribution in [3.05, 3.63) is 28.2 Å². The molecule has 1 amide bonds. The molecule has 1 aromatic carbocycles.